The van der Waals surface area contributed by atoms with Gasteiger partial charge in [-0.3, -0.25) is 4.79 Å². The Morgan fingerprint density at radius 3 is 2.44 bits per heavy atom. The lowest BCUT2D eigenvalue weighted by molar-refractivity contribution is -0.123. The molecule has 0 radical (unpaired) electrons. The van der Waals surface area contributed by atoms with Gasteiger partial charge in [0.15, 0.2) is 6.61 Å². The minimum atomic E-state index is -0.166. The Kier molecular flexibility index (Phi) is 13.0. The summed E-state index contributed by atoms with van der Waals surface area (Å²) in [4.78, 5) is 16.0. The van der Waals surface area contributed by atoms with E-state index in [1.807, 2.05) is 12.1 Å². The molecule has 0 aliphatic carbocycles. The van der Waals surface area contributed by atoms with E-state index in [0.717, 1.165) is 19.3 Å². The second-order valence-electron chi connectivity index (χ2n) is 5.67. The lowest BCUT2D eigenvalue weighted by Crippen LogP contribution is -2.42. The summed E-state index contributed by atoms with van der Waals surface area (Å²) >= 11 is 0. The molecule has 0 spiro atoms. The molecule has 1 unspecified atom stereocenters. The molecule has 27 heavy (non-hydrogen) atoms. The van der Waals surface area contributed by atoms with Crippen LogP contribution in [-0.2, 0) is 4.79 Å². The van der Waals surface area contributed by atoms with Gasteiger partial charge in [-0.25, -0.2) is 4.98 Å². The van der Waals surface area contributed by atoms with Crippen molar-refractivity contribution in [2.75, 3.05) is 13.2 Å². The molecule has 0 fully saturated rings. The zero-order valence-corrected chi connectivity index (χ0v) is 16.9. The number of halogens is 2. The van der Waals surface area contributed by atoms with Gasteiger partial charge in [0.1, 0.15) is 11.5 Å². The quantitative estimate of drug-likeness (QED) is 0.617. The fourth-order valence-electron chi connectivity index (χ4n) is 2.25. The zero-order chi connectivity index (χ0) is 17.9. The highest BCUT2D eigenvalue weighted by Crippen LogP contribution is 2.22. The SMILES string of the molecule is CCCCC(CN)NC(=O)COc1ccc(Oc2ccccn2)cc1.Cl.Cl. The highest BCUT2D eigenvalue weighted by Gasteiger charge is 2.10. The van der Waals surface area contributed by atoms with Crippen LogP contribution >= 0.6 is 24.8 Å². The number of carbonyl (C=O) groups excluding carboxylic acids is 1. The van der Waals surface area contributed by atoms with Crippen LogP contribution in [0, 0.1) is 0 Å². The van der Waals surface area contributed by atoms with Gasteiger partial charge in [-0.2, -0.15) is 0 Å². The average molecular weight is 416 g/mol. The van der Waals surface area contributed by atoms with Gasteiger partial charge >= 0.3 is 0 Å². The summed E-state index contributed by atoms with van der Waals surface area (Å²) < 4.78 is 11.1. The van der Waals surface area contributed by atoms with Crippen LogP contribution < -0.4 is 20.5 Å². The molecule has 1 atom stereocenters. The van der Waals surface area contributed by atoms with Crippen molar-refractivity contribution in [3.05, 3.63) is 48.7 Å². The molecular weight excluding hydrogens is 389 g/mol. The lowest BCUT2D eigenvalue weighted by Gasteiger charge is -2.16. The van der Waals surface area contributed by atoms with Crippen molar-refractivity contribution in [2.24, 2.45) is 5.73 Å². The van der Waals surface area contributed by atoms with Crippen LogP contribution in [0.1, 0.15) is 26.2 Å². The van der Waals surface area contributed by atoms with Crippen LogP contribution in [0.3, 0.4) is 0 Å². The maximum Gasteiger partial charge on any atom is 0.258 e. The molecule has 0 bridgehead atoms. The van der Waals surface area contributed by atoms with Gasteiger partial charge in [0, 0.05) is 24.8 Å². The molecule has 150 valence electrons. The Balaban J connectivity index is 0.00000338. The first-order valence-electron chi connectivity index (χ1n) is 8.52. The van der Waals surface area contributed by atoms with Crippen LogP contribution in [0.2, 0.25) is 0 Å². The molecule has 8 heteroatoms. The monoisotopic (exact) mass is 415 g/mol. The molecule has 3 N–H and O–H groups in total. The summed E-state index contributed by atoms with van der Waals surface area (Å²) in [7, 11) is 0. The predicted octanol–water partition coefficient (Wildman–Crippen LogP) is 3.73. The van der Waals surface area contributed by atoms with E-state index in [4.69, 9.17) is 15.2 Å². The maximum atomic E-state index is 11.9. The molecule has 0 saturated heterocycles. The number of nitrogens with two attached hydrogens (primary N) is 1. The van der Waals surface area contributed by atoms with Crippen molar-refractivity contribution < 1.29 is 14.3 Å². The van der Waals surface area contributed by atoms with Gasteiger partial charge in [-0.1, -0.05) is 25.8 Å². The van der Waals surface area contributed by atoms with Crippen molar-refractivity contribution >= 4 is 30.7 Å². The fourth-order valence-corrected chi connectivity index (χ4v) is 2.25. The van der Waals surface area contributed by atoms with Gasteiger partial charge in [-0.05, 0) is 36.8 Å². The molecule has 0 aliphatic heterocycles. The number of pyridine rings is 1. The van der Waals surface area contributed by atoms with Gasteiger partial charge in [0.2, 0.25) is 5.88 Å². The Morgan fingerprint density at radius 2 is 1.85 bits per heavy atom. The summed E-state index contributed by atoms with van der Waals surface area (Å²) in [5.74, 6) is 1.61. The molecule has 1 amide bonds. The number of rotatable bonds is 10. The normalized spacial score (nSPS) is 10.7. The molecule has 2 rings (SSSR count). The predicted molar refractivity (Wildman–Crippen MR) is 111 cm³/mol. The first kappa shape index (κ1) is 25.0. The van der Waals surface area contributed by atoms with E-state index in [1.165, 1.54) is 0 Å². The lowest BCUT2D eigenvalue weighted by atomic mass is 10.1. The Hall–Kier alpha value is -2.02. The number of aromatic nitrogens is 1. The first-order chi connectivity index (χ1) is 12.2. The Bertz CT molecular complexity index is 642. The van der Waals surface area contributed by atoms with Gasteiger partial charge < -0.3 is 20.5 Å². The van der Waals surface area contributed by atoms with Crippen molar-refractivity contribution in [1.82, 2.24) is 10.3 Å². The molecular formula is C19H27Cl2N3O3. The third kappa shape index (κ3) is 9.47. The Morgan fingerprint density at radius 1 is 1.15 bits per heavy atom. The van der Waals surface area contributed by atoms with E-state index in [2.05, 4.69) is 17.2 Å². The van der Waals surface area contributed by atoms with Gasteiger partial charge in [0.05, 0.1) is 0 Å². The molecule has 1 aromatic carbocycles. The summed E-state index contributed by atoms with van der Waals surface area (Å²) in [6.45, 7) is 2.51. The number of carbonyl (C=O) groups is 1. The molecule has 6 nitrogen and oxygen atoms in total. The second-order valence-corrected chi connectivity index (χ2v) is 5.67. The van der Waals surface area contributed by atoms with Crippen LogP contribution in [0.4, 0.5) is 0 Å². The average Bonchev–Trinajstić information content (AvgIpc) is 2.65. The number of nitrogens with zero attached hydrogens (tertiary/aromatic N) is 1. The second kappa shape index (κ2) is 14.1. The van der Waals surface area contributed by atoms with Crippen LogP contribution in [0.15, 0.2) is 48.7 Å². The van der Waals surface area contributed by atoms with Crippen LogP contribution in [-0.4, -0.2) is 30.1 Å². The van der Waals surface area contributed by atoms with Crippen molar-refractivity contribution in [1.29, 1.82) is 0 Å². The first-order valence-corrected chi connectivity index (χ1v) is 8.52. The molecule has 2 aromatic rings. The summed E-state index contributed by atoms with van der Waals surface area (Å²) in [5.41, 5.74) is 5.67. The third-order valence-corrected chi connectivity index (χ3v) is 3.61. The standard InChI is InChI=1S/C19H25N3O3.2ClH/c1-2-3-6-15(13-20)22-18(23)14-24-16-8-10-17(11-9-16)25-19-7-4-5-12-21-19;;/h4-5,7-12,15H,2-3,6,13-14,20H2,1H3,(H,22,23);2*1H. The number of nitrogens with one attached hydrogen (secondary N) is 1. The van der Waals surface area contributed by atoms with E-state index >= 15 is 0 Å². The molecule has 1 heterocycles. The number of benzene rings is 1. The zero-order valence-electron chi connectivity index (χ0n) is 15.3. The topological polar surface area (TPSA) is 86.5 Å². The third-order valence-electron chi connectivity index (χ3n) is 3.61. The number of hydrogen-bond acceptors (Lipinski definition) is 5. The minimum absolute atomic E-state index is 0. The smallest absolute Gasteiger partial charge is 0.258 e. The van der Waals surface area contributed by atoms with Crippen molar-refractivity contribution in [3.8, 4) is 17.4 Å². The fraction of sp³-hybridized carbons (Fsp3) is 0.368. The summed E-state index contributed by atoms with van der Waals surface area (Å²) in [6, 6.07) is 12.5. The number of unbranched alkanes of at least 4 members (excludes halogenated alkanes) is 1. The number of amides is 1. The summed E-state index contributed by atoms with van der Waals surface area (Å²) in [6.07, 6.45) is 4.68. The highest BCUT2D eigenvalue weighted by atomic mass is 35.5. The van der Waals surface area contributed by atoms with E-state index in [0.29, 0.717) is 23.9 Å². The molecule has 0 aliphatic rings. The maximum absolute atomic E-state index is 11.9. The minimum Gasteiger partial charge on any atom is -0.484 e. The molecule has 1 aromatic heterocycles. The van der Waals surface area contributed by atoms with Crippen LogP contribution in [0.25, 0.3) is 0 Å². The van der Waals surface area contributed by atoms with E-state index in [1.54, 1.807) is 36.5 Å². The van der Waals surface area contributed by atoms with E-state index in [-0.39, 0.29) is 43.4 Å². The van der Waals surface area contributed by atoms with E-state index in [9.17, 15) is 4.79 Å². The van der Waals surface area contributed by atoms with Gasteiger partial charge in [-0.15, -0.1) is 24.8 Å². The van der Waals surface area contributed by atoms with Crippen molar-refractivity contribution in [3.63, 3.8) is 0 Å². The number of ether oxygens (including phenoxy) is 2. The van der Waals surface area contributed by atoms with Crippen molar-refractivity contribution in [2.45, 2.75) is 32.2 Å². The summed E-state index contributed by atoms with van der Waals surface area (Å²) in [5, 5.41) is 2.89. The molecule has 0 saturated carbocycles. The number of hydrogen-bond donors (Lipinski definition) is 2. The Labute approximate surface area is 172 Å². The largest absolute Gasteiger partial charge is 0.484 e. The van der Waals surface area contributed by atoms with Gasteiger partial charge in [0.25, 0.3) is 5.91 Å². The highest BCUT2D eigenvalue weighted by molar-refractivity contribution is 5.85. The van der Waals surface area contributed by atoms with E-state index < -0.39 is 0 Å². The van der Waals surface area contributed by atoms with Crippen LogP contribution in [0.5, 0.6) is 17.4 Å².